The third-order valence-electron chi connectivity index (χ3n) is 4.34. The zero-order valence-corrected chi connectivity index (χ0v) is 16.7. The van der Waals surface area contributed by atoms with Gasteiger partial charge in [-0.3, -0.25) is 4.72 Å². The number of sulfonamides is 1. The first-order chi connectivity index (χ1) is 12.3. The van der Waals surface area contributed by atoms with Gasteiger partial charge >= 0.3 is 5.97 Å². The van der Waals surface area contributed by atoms with Crippen LogP contribution in [-0.4, -0.2) is 20.5 Å². The van der Waals surface area contributed by atoms with E-state index in [2.05, 4.69) is 11.6 Å². The highest BCUT2D eigenvalue weighted by atomic mass is 32.2. The zero-order valence-electron chi connectivity index (χ0n) is 15.1. The van der Waals surface area contributed by atoms with Gasteiger partial charge in [0, 0.05) is 4.88 Å². The fourth-order valence-corrected chi connectivity index (χ4v) is 5.82. The molecule has 0 saturated heterocycles. The summed E-state index contributed by atoms with van der Waals surface area (Å²) < 4.78 is 33.4. The molecule has 0 unspecified atom stereocenters. The number of benzene rings is 1. The lowest BCUT2D eigenvalue weighted by Crippen LogP contribution is -2.18. The number of nitrogens with one attached hydrogen (secondary N) is 1. The van der Waals surface area contributed by atoms with E-state index in [4.69, 9.17) is 4.74 Å². The average Bonchev–Trinajstić information content (AvgIpc) is 2.91. The first kappa shape index (κ1) is 18.9. The Morgan fingerprint density at radius 1 is 1.27 bits per heavy atom. The fraction of sp³-hybridized carbons (Fsp3) is 0.421. The third kappa shape index (κ3) is 3.94. The highest BCUT2D eigenvalue weighted by molar-refractivity contribution is 7.93. The minimum absolute atomic E-state index is 0.169. The number of anilines is 1. The summed E-state index contributed by atoms with van der Waals surface area (Å²) in [7, 11) is -3.76. The summed E-state index contributed by atoms with van der Waals surface area (Å²) in [5.41, 5.74) is 1.31. The van der Waals surface area contributed by atoms with Gasteiger partial charge in [-0.05, 0) is 56.7 Å². The molecule has 1 N–H and O–H groups in total. The lowest BCUT2D eigenvalue weighted by Gasteiger charge is -2.19. The summed E-state index contributed by atoms with van der Waals surface area (Å²) in [5, 5.41) is 0.360. The van der Waals surface area contributed by atoms with Crippen molar-refractivity contribution in [2.75, 3.05) is 4.72 Å². The van der Waals surface area contributed by atoms with Gasteiger partial charge in [-0.15, -0.1) is 11.3 Å². The lowest BCUT2D eigenvalue weighted by molar-refractivity contribution is 0.0378. The Hall–Kier alpha value is -1.86. The van der Waals surface area contributed by atoms with Crippen molar-refractivity contribution < 1.29 is 17.9 Å². The Bertz CT molecular complexity index is 901. The van der Waals surface area contributed by atoms with Crippen molar-refractivity contribution in [1.82, 2.24) is 0 Å². The van der Waals surface area contributed by atoms with E-state index < -0.39 is 16.0 Å². The number of thiophene rings is 1. The second-order valence-electron chi connectivity index (χ2n) is 6.93. The SMILES string of the molecule is CC(C)OC(=O)c1c(NS(=O)(=O)c2ccccc2)sc2c1CC[C@@H](C)C2. The van der Waals surface area contributed by atoms with E-state index in [1.54, 1.807) is 32.0 Å². The van der Waals surface area contributed by atoms with Crippen molar-refractivity contribution in [3.8, 4) is 0 Å². The molecule has 7 heteroatoms. The van der Waals surface area contributed by atoms with Crippen LogP contribution in [0, 0.1) is 5.92 Å². The molecule has 1 aliphatic carbocycles. The van der Waals surface area contributed by atoms with E-state index in [9.17, 15) is 13.2 Å². The molecule has 0 amide bonds. The summed E-state index contributed by atoms with van der Waals surface area (Å²) in [5.74, 6) is 0.0616. The van der Waals surface area contributed by atoms with E-state index in [0.29, 0.717) is 16.5 Å². The van der Waals surface area contributed by atoms with Crippen LogP contribution in [0.3, 0.4) is 0 Å². The first-order valence-corrected chi connectivity index (χ1v) is 11.0. The minimum Gasteiger partial charge on any atom is -0.459 e. The van der Waals surface area contributed by atoms with Crippen LogP contribution < -0.4 is 4.72 Å². The van der Waals surface area contributed by atoms with E-state index in [-0.39, 0.29) is 11.0 Å². The molecule has 0 aliphatic heterocycles. The molecule has 0 saturated carbocycles. The quantitative estimate of drug-likeness (QED) is 0.771. The molecule has 5 nitrogen and oxygen atoms in total. The van der Waals surface area contributed by atoms with Gasteiger partial charge in [-0.25, -0.2) is 13.2 Å². The Labute approximate surface area is 158 Å². The highest BCUT2D eigenvalue weighted by Gasteiger charge is 2.30. The predicted octanol–water partition coefficient (Wildman–Crippen LogP) is 4.24. The van der Waals surface area contributed by atoms with Crippen molar-refractivity contribution in [3.05, 3.63) is 46.3 Å². The number of carbonyl (C=O) groups excluding carboxylic acids is 1. The molecule has 1 aromatic heterocycles. The summed E-state index contributed by atoms with van der Waals surface area (Å²) >= 11 is 1.35. The number of ether oxygens (including phenoxy) is 1. The molecule has 3 rings (SSSR count). The van der Waals surface area contributed by atoms with Gasteiger partial charge in [-0.2, -0.15) is 0 Å². The van der Waals surface area contributed by atoms with Crippen molar-refractivity contribution in [2.45, 2.75) is 51.0 Å². The number of fused-ring (bicyclic) bond motifs is 1. The molecule has 1 aromatic carbocycles. The third-order valence-corrected chi connectivity index (χ3v) is 7.00. The summed E-state index contributed by atoms with van der Waals surface area (Å²) in [6.45, 7) is 5.74. The molecule has 140 valence electrons. The van der Waals surface area contributed by atoms with Crippen LogP contribution >= 0.6 is 11.3 Å². The molecule has 2 aromatic rings. The van der Waals surface area contributed by atoms with E-state index in [1.165, 1.54) is 23.5 Å². The molecule has 1 aliphatic rings. The van der Waals surface area contributed by atoms with E-state index in [1.807, 2.05) is 0 Å². The molecular formula is C19H23NO4S2. The van der Waals surface area contributed by atoms with Crippen LogP contribution in [-0.2, 0) is 27.6 Å². The Morgan fingerprint density at radius 3 is 2.62 bits per heavy atom. The van der Waals surface area contributed by atoms with E-state index in [0.717, 1.165) is 29.7 Å². The normalized spacial score (nSPS) is 17.0. The summed E-state index contributed by atoms with van der Waals surface area (Å²) in [4.78, 5) is 13.9. The van der Waals surface area contributed by atoms with Gasteiger partial charge in [0.2, 0.25) is 0 Å². The molecule has 0 fully saturated rings. The number of esters is 1. The second-order valence-corrected chi connectivity index (χ2v) is 9.72. The second kappa shape index (κ2) is 7.40. The maximum atomic E-state index is 12.7. The number of hydrogen-bond donors (Lipinski definition) is 1. The van der Waals surface area contributed by atoms with Crippen LogP contribution in [0.25, 0.3) is 0 Å². The smallest absolute Gasteiger partial charge is 0.341 e. The van der Waals surface area contributed by atoms with Crippen molar-refractivity contribution in [2.24, 2.45) is 5.92 Å². The molecule has 0 spiro atoms. The zero-order chi connectivity index (χ0) is 18.9. The number of carbonyl (C=O) groups is 1. The van der Waals surface area contributed by atoms with Gasteiger partial charge in [0.1, 0.15) is 5.00 Å². The van der Waals surface area contributed by atoms with Gasteiger partial charge in [0.05, 0.1) is 16.6 Å². The Morgan fingerprint density at radius 2 is 1.96 bits per heavy atom. The van der Waals surface area contributed by atoms with Gasteiger partial charge in [0.25, 0.3) is 10.0 Å². The molecule has 1 atom stereocenters. The fourth-order valence-electron chi connectivity index (χ4n) is 3.09. The highest BCUT2D eigenvalue weighted by Crippen LogP contribution is 2.41. The topological polar surface area (TPSA) is 72.5 Å². The van der Waals surface area contributed by atoms with Crippen molar-refractivity contribution >= 4 is 32.3 Å². The maximum Gasteiger partial charge on any atom is 0.341 e. The lowest BCUT2D eigenvalue weighted by atomic mass is 9.88. The van der Waals surface area contributed by atoms with Crippen molar-refractivity contribution in [1.29, 1.82) is 0 Å². The summed E-state index contributed by atoms with van der Waals surface area (Å²) in [6.07, 6.45) is 2.34. The van der Waals surface area contributed by atoms with Crippen LogP contribution in [0.1, 0.15) is 48.0 Å². The van der Waals surface area contributed by atoms with Crippen LogP contribution in [0.15, 0.2) is 35.2 Å². The number of hydrogen-bond acceptors (Lipinski definition) is 5. The standard InChI is InChI=1S/C19H23NO4S2/c1-12(2)24-19(21)17-15-10-9-13(3)11-16(15)25-18(17)20-26(22,23)14-7-5-4-6-8-14/h4-8,12-13,20H,9-11H2,1-3H3/t13-/m1/s1. The van der Waals surface area contributed by atoms with E-state index >= 15 is 0 Å². The Balaban J connectivity index is 2.02. The minimum atomic E-state index is -3.76. The monoisotopic (exact) mass is 393 g/mol. The molecule has 26 heavy (non-hydrogen) atoms. The van der Waals surface area contributed by atoms with Gasteiger partial charge < -0.3 is 4.74 Å². The molecular weight excluding hydrogens is 370 g/mol. The predicted molar refractivity (Wildman–Crippen MR) is 103 cm³/mol. The van der Waals surface area contributed by atoms with Crippen LogP contribution in [0.4, 0.5) is 5.00 Å². The maximum absolute atomic E-state index is 12.7. The molecule has 1 heterocycles. The van der Waals surface area contributed by atoms with Gasteiger partial charge in [0.15, 0.2) is 0 Å². The molecule has 0 radical (unpaired) electrons. The Kier molecular flexibility index (Phi) is 5.39. The number of rotatable bonds is 5. The van der Waals surface area contributed by atoms with Crippen LogP contribution in [0.5, 0.6) is 0 Å². The van der Waals surface area contributed by atoms with Crippen LogP contribution in [0.2, 0.25) is 0 Å². The largest absolute Gasteiger partial charge is 0.459 e. The van der Waals surface area contributed by atoms with Gasteiger partial charge in [-0.1, -0.05) is 25.1 Å². The average molecular weight is 394 g/mol. The summed E-state index contributed by atoms with van der Waals surface area (Å²) in [6, 6.07) is 8.16. The molecule has 0 bridgehead atoms. The van der Waals surface area contributed by atoms with Crippen molar-refractivity contribution in [3.63, 3.8) is 0 Å². The first-order valence-electron chi connectivity index (χ1n) is 8.71.